The normalized spacial score (nSPS) is 12.0. The Hall–Kier alpha value is -2.43. The first-order valence-electron chi connectivity index (χ1n) is 6.71. The van der Waals surface area contributed by atoms with E-state index in [2.05, 4.69) is 5.32 Å². The third kappa shape index (κ3) is 4.02. The van der Waals surface area contributed by atoms with Gasteiger partial charge in [0.1, 0.15) is 11.5 Å². The predicted octanol–water partition coefficient (Wildman–Crippen LogP) is 4.09. The van der Waals surface area contributed by atoms with E-state index < -0.39 is 0 Å². The number of hydrogen-bond acceptors (Lipinski definition) is 3. The van der Waals surface area contributed by atoms with E-state index in [0.717, 1.165) is 11.1 Å². The third-order valence-corrected chi connectivity index (χ3v) is 3.21. The molecular formula is C16H17FN2O2. The molecule has 4 nitrogen and oxygen atoms in total. The molecule has 0 heterocycles. The van der Waals surface area contributed by atoms with Crippen molar-refractivity contribution < 1.29 is 9.31 Å². The molecule has 110 valence electrons. The second-order valence-corrected chi connectivity index (χ2v) is 5.15. The molecule has 0 aliphatic carbocycles. The number of nitro groups is 1. The molecule has 0 amide bonds. The van der Waals surface area contributed by atoms with Gasteiger partial charge in [-0.2, -0.15) is 0 Å². The maximum absolute atomic E-state index is 12.9. The number of aryl methyl sites for hydroxylation is 1. The Morgan fingerprint density at radius 1 is 1.24 bits per heavy atom. The summed E-state index contributed by atoms with van der Waals surface area (Å²) in [5, 5.41) is 14.2. The lowest BCUT2D eigenvalue weighted by atomic mass is 10.1. The minimum absolute atomic E-state index is 0.00290. The van der Waals surface area contributed by atoms with Gasteiger partial charge in [0.05, 0.1) is 4.92 Å². The van der Waals surface area contributed by atoms with Crippen LogP contribution < -0.4 is 5.32 Å². The summed E-state index contributed by atoms with van der Waals surface area (Å²) >= 11 is 0. The smallest absolute Gasteiger partial charge is 0.292 e. The molecule has 0 saturated carbocycles. The molecule has 2 rings (SSSR count). The van der Waals surface area contributed by atoms with Crippen LogP contribution in [0.1, 0.15) is 18.1 Å². The van der Waals surface area contributed by atoms with Crippen LogP contribution in [-0.2, 0) is 6.42 Å². The molecule has 5 heteroatoms. The second-order valence-electron chi connectivity index (χ2n) is 5.15. The quantitative estimate of drug-likeness (QED) is 0.666. The maximum atomic E-state index is 12.9. The van der Waals surface area contributed by atoms with Gasteiger partial charge < -0.3 is 5.32 Å². The van der Waals surface area contributed by atoms with E-state index in [4.69, 9.17) is 0 Å². The van der Waals surface area contributed by atoms with Crippen LogP contribution in [0, 0.1) is 22.9 Å². The summed E-state index contributed by atoms with van der Waals surface area (Å²) in [4.78, 5) is 10.7. The number of nitro benzene ring substituents is 1. The van der Waals surface area contributed by atoms with Crippen molar-refractivity contribution in [2.45, 2.75) is 26.3 Å². The van der Waals surface area contributed by atoms with Gasteiger partial charge in [0.2, 0.25) is 0 Å². The lowest BCUT2D eigenvalue weighted by molar-refractivity contribution is -0.384. The van der Waals surface area contributed by atoms with E-state index in [-0.39, 0.29) is 22.5 Å². The summed E-state index contributed by atoms with van der Waals surface area (Å²) in [6.07, 6.45) is 0.658. The Morgan fingerprint density at radius 3 is 2.52 bits per heavy atom. The topological polar surface area (TPSA) is 55.2 Å². The average Bonchev–Trinajstić information content (AvgIpc) is 2.43. The molecule has 1 unspecified atom stereocenters. The van der Waals surface area contributed by atoms with Crippen molar-refractivity contribution >= 4 is 11.4 Å². The zero-order valence-corrected chi connectivity index (χ0v) is 12.0. The van der Waals surface area contributed by atoms with Gasteiger partial charge in [-0.15, -0.1) is 0 Å². The minimum Gasteiger partial charge on any atom is -0.377 e. The largest absolute Gasteiger partial charge is 0.377 e. The monoisotopic (exact) mass is 288 g/mol. The summed E-state index contributed by atoms with van der Waals surface area (Å²) in [5.41, 5.74) is 2.39. The number of rotatable bonds is 5. The van der Waals surface area contributed by atoms with Gasteiger partial charge >= 0.3 is 0 Å². The Bertz CT molecular complexity index is 641. The lowest BCUT2D eigenvalue weighted by Gasteiger charge is -2.15. The fourth-order valence-electron chi connectivity index (χ4n) is 2.21. The molecular weight excluding hydrogens is 271 g/mol. The number of nitrogens with one attached hydrogen (secondary N) is 1. The van der Waals surface area contributed by atoms with Crippen LogP contribution in [0.25, 0.3) is 0 Å². The molecule has 1 N–H and O–H groups in total. The zero-order valence-electron chi connectivity index (χ0n) is 12.0. The molecule has 0 spiro atoms. The van der Waals surface area contributed by atoms with Gasteiger partial charge in [-0.3, -0.25) is 10.1 Å². The first kappa shape index (κ1) is 15.0. The first-order valence-corrected chi connectivity index (χ1v) is 6.71. The van der Waals surface area contributed by atoms with Gasteiger partial charge in [-0.05, 0) is 49.6 Å². The Balaban J connectivity index is 2.10. The molecule has 0 fully saturated rings. The Morgan fingerprint density at radius 2 is 1.90 bits per heavy atom. The third-order valence-electron chi connectivity index (χ3n) is 3.21. The van der Waals surface area contributed by atoms with Gasteiger partial charge in [0.15, 0.2) is 0 Å². The summed E-state index contributed by atoms with van der Waals surface area (Å²) in [5.74, 6) is -0.270. The summed E-state index contributed by atoms with van der Waals surface area (Å²) < 4.78 is 12.9. The number of nitrogens with zero attached hydrogens (tertiary/aromatic N) is 1. The van der Waals surface area contributed by atoms with Crippen LogP contribution in [0.4, 0.5) is 15.8 Å². The standard InChI is InChI=1S/C16H17FN2O2/c1-11-3-8-15(16(9-11)19(20)21)18-12(2)10-13-4-6-14(17)7-5-13/h3-9,12,18H,10H2,1-2H3. The van der Waals surface area contributed by atoms with Gasteiger partial charge in [0, 0.05) is 12.1 Å². The number of halogens is 1. The van der Waals surface area contributed by atoms with Crippen LogP contribution in [-0.4, -0.2) is 11.0 Å². The van der Waals surface area contributed by atoms with E-state index in [0.29, 0.717) is 12.1 Å². The zero-order chi connectivity index (χ0) is 15.4. The highest BCUT2D eigenvalue weighted by molar-refractivity contribution is 5.63. The number of hydrogen-bond donors (Lipinski definition) is 1. The molecule has 0 bridgehead atoms. The molecule has 0 aromatic heterocycles. The molecule has 0 aliphatic rings. The first-order chi connectivity index (χ1) is 9.95. The van der Waals surface area contributed by atoms with E-state index in [1.807, 2.05) is 19.9 Å². The summed E-state index contributed by atoms with van der Waals surface area (Å²) in [7, 11) is 0. The molecule has 1 atom stereocenters. The van der Waals surface area contributed by atoms with Crippen molar-refractivity contribution in [3.63, 3.8) is 0 Å². The molecule has 0 radical (unpaired) electrons. The fraction of sp³-hybridized carbons (Fsp3) is 0.250. The Labute approximate surface area is 122 Å². The van der Waals surface area contributed by atoms with Crippen LogP contribution in [0.3, 0.4) is 0 Å². The molecule has 2 aromatic carbocycles. The summed E-state index contributed by atoms with van der Waals surface area (Å²) in [6, 6.07) is 11.4. The maximum Gasteiger partial charge on any atom is 0.292 e. The van der Waals surface area contributed by atoms with E-state index >= 15 is 0 Å². The van der Waals surface area contributed by atoms with Crippen LogP contribution in [0.5, 0.6) is 0 Å². The Kier molecular flexibility index (Phi) is 4.52. The van der Waals surface area contributed by atoms with Crippen LogP contribution in [0.2, 0.25) is 0 Å². The molecule has 0 saturated heterocycles. The molecule has 2 aromatic rings. The van der Waals surface area contributed by atoms with Crippen molar-refractivity contribution in [1.82, 2.24) is 0 Å². The number of anilines is 1. The van der Waals surface area contributed by atoms with E-state index in [1.165, 1.54) is 12.1 Å². The van der Waals surface area contributed by atoms with Gasteiger partial charge in [-0.25, -0.2) is 4.39 Å². The van der Waals surface area contributed by atoms with E-state index in [9.17, 15) is 14.5 Å². The van der Waals surface area contributed by atoms with Crippen molar-refractivity contribution in [3.8, 4) is 0 Å². The molecule has 0 aliphatic heterocycles. The van der Waals surface area contributed by atoms with Crippen molar-refractivity contribution in [2.75, 3.05) is 5.32 Å². The van der Waals surface area contributed by atoms with Crippen LogP contribution in [0.15, 0.2) is 42.5 Å². The van der Waals surface area contributed by atoms with Crippen molar-refractivity contribution in [2.24, 2.45) is 0 Å². The van der Waals surface area contributed by atoms with Crippen molar-refractivity contribution in [3.05, 3.63) is 69.5 Å². The fourth-order valence-corrected chi connectivity index (χ4v) is 2.21. The molecule has 21 heavy (non-hydrogen) atoms. The SMILES string of the molecule is Cc1ccc(NC(C)Cc2ccc(F)cc2)c([N+](=O)[O-])c1. The van der Waals surface area contributed by atoms with Gasteiger partial charge in [-0.1, -0.05) is 18.2 Å². The van der Waals surface area contributed by atoms with Crippen molar-refractivity contribution in [1.29, 1.82) is 0 Å². The van der Waals surface area contributed by atoms with Gasteiger partial charge in [0.25, 0.3) is 5.69 Å². The predicted molar refractivity (Wildman–Crippen MR) is 81.0 cm³/mol. The highest BCUT2D eigenvalue weighted by Gasteiger charge is 2.15. The number of benzene rings is 2. The highest BCUT2D eigenvalue weighted by Crippen LogP contribution is 2.26. The summed E-state index contributed by atoms with van der Waals surface area (Å²) in [6.45, 7) is 3.76. The highest BCUT2D eigenvalue weighted by atomic mass is 19.1. The average molecular weight is 288 g/mol. The second kappa shape index (κ2) is 6.35. The minimum atomic E-state index is -0.389. The lowest BCUT2D eigenvalue weighted by Crippen LogP contribution is -2.18. The van der Waals surface area contributed by atoms with E-state index in [1.54, 1.807) is 24.3 Å². The van der Waals surface area contributed by atoms with Crippen LogP contribution >= 0.6 is 0 Å².